The first-order valence-corrected chi connectivity index (χ1v) is 11.3. The normalized spacial score (nSPS) is 23.7. The maximum absolute atomic E-state index is 13.2. The van der Waals surface area contributed by atoms with Gasteiger partial charge in [-0.25, -0.2) is 4.79 Å². The fourth-order valence-corrected chi connectivity index (χ4v) is 4.58. The van der Waals surface area contributed by atoms with Crippen LogP contribution in [0.2, 0.25) is 0 Å². The maximum atomic E-state index is 13.2. The first kappa shape index (κ1) is 25.2. The summed E-state index contributed by atoms with van der Waals surface area (Å²) in [4.78, 5) is 31.9. The molecular weight excluding hydrogens is 430 g/mol. The molecule has 10 heteroatoms. The van der Waals surface area contributed by atoms with Crippen LogP contribution in [0.3, 0.4) is 0 Å². The van der Waals surface area contributed by atoms with E-state index in [1.807, 2.05) is 6.07 Å². The first-order valence-electron chi connectivity index (χ1n) is 11.3. The van der Waals surface area contributed by atoms with Gasteiger partial charge in [-0.05, 0) is 18.4 Å². The fraction of sp³-hybridized carbons (Fsp3) is 0.696. The van der Waals surface area contributed by atoms with E-state index in [0.717, 1.165) is 6.42 Å². The minimum absolute atomic E-state index is 0.000497. The van der Waals surface area contributed by atoms with Gasteiger partial charge in [0.15, 0.2) is 5.60 Å². The molecule has 1 N–H and O–H groups in total. The quantitative estimate of drug-likeness (QED) is 0.392. The van der Waals surface area contributed by atoms with Gasteiger partial charge in [-0.2, -0.15) is 0 Å². The predicted octanol–water partition coefficient (Wildman–Crippen LogP) is 2.37. The van der Waals surface area contributed by atoms with E-state index in [-0.39, 0.29) is 31.6 Å². The summed E-state index contributed by atoms with van der Waals surface area (Å²) in [5.41, 5.74) is -0.386. The molecule has 0 saturated carbocycles. The van der Waals surface area contributed by atoms with Crippen LogP contribution in [-0.4, -0.2) is 90.5 Å². The number of β-lactam (4-membered cyclic amide) rings is 1. The molecule has 2 aliphatic heterocycles. The first-order chi connectivity index (χ1) is 15.8. The molecule has 33 heavy (non-hydrogen) atoms. The minimum Gasteiger partial charge on any atom is -0.490 e. The Morgan fingerprint density at radius 2 is 2.00 bits per heavy atom. The third-order valence-corrected chi connectivity index (χ3v) is 6.18. The number of carbonyl (C=O) groups is 2. The smallest absolute Gasteiger partial charge is 0.407 e. The molecule has 1 aromatic heterocycles. The monoisotopic (exact) mass is 465 g/mol. The van der Waals surface area contributed by atoms with E-state index in [1.54, 1.807) is 24.3 Å². The van der Waals surface area contributed by atoms with Crippen molar-refractivity contribution in [3.63, 3.8) is 0 Å². The number of methoxy groups -OCH3 is 2. The molecule has 2 fully saturated rings. The topological polar surface area (TPSA) is 111 Å². The molecule has 3 rings (SSSR count). The van der Waals surface area contributed by atoms with Crippen LogP contribution in [0.1, 0.15) is 38.8 Å². The summed E-state index contributed by atoms with van der Waals surface area (Å²) in [6.07, 6.45) is 3.01. The standard InChI is InChI=1S/C23H35N3O7/c1-16(2)11-20-23(32-15-31-4,21(27)26(20)14-30-3)13-17-12-19(5-8-24-17)33-18-6-9-25(10-7-18)22(28)29/h5,8,12,16,18,20H,6-7,9-11,13-15H2,1-4H3,(H,28,29)/t20-,23-/m0/s1. The predicted molar refractivity (Wildman–Crippen MR) is 119 cm³/mol. The van der Waals surface area contributed by atoms with Gasteiger partial charge in [0.2, 0.25) is 0 Å². The molecule has 184 valence electrons. The highest BCUT2D eigenvalue weighted by Gasteiger charge is 2.62. The zero-order valence-corrected chi connectivity index (χ0v) is 19.9. The molecule has 0 bridgehead atoms. The van der Waals surface area contributed by atoms with E-state index in [9.17, 15) is 9.59 Å². The Balaban J connectivity index is 1.74. The Hall–Kier alpha value is -2.43. The second-order valence-electron chi connectivity index (χ2n) is 9.02. The van der Waals surface area contributed by atoms with E-state index in [1.165, 1.54) is 12.0 Å². The number of piperidine rings is 1. The molecule has 2 atom stereocenters. The minimum atomic E-state index is -1.07. The molecule has 2 aliphatic rings. The van der Waals surface area contributed by atoms with Crippen LogP contribution in [0.4, 0.5) is 4.79 Å². The van der Waals surface area contributed by atoms with Crippen LogP contribution >= 0.6 is 0 Å². The molecule has 0 aromatic carbocycles. The average Bonchev–Trinajstić information content (AvgIpc) is 2.79. The lowest BCUT2D eigenvalue weighted by Gasteiger charge is -2.55. The van der Waals surface area contributed by atoms with Crippen LogP contribution in [0.5, 0.6) is 5.75 Å². The lowest BCUT2D eigenvalue weighted by molar-refractivity contribution is -0.235. The van der Waals surface area contributed by atoms with E-state index in [0.29, 0.717) is 49.7 Å². The number of carbonyl (C=O) groups excluding carboxylic acids is 1. The molecule has 1 aromatic rings. The highest BCUT2D eigenvalue weighted by Crippen LogP contribution is 2.41. The van der Waals surface area contributed by atoms with Gasteiger partial charge in [-0.15, -0.1) is 0 Å². The molecule has 10 nitrogen and oxygen atoms in total. The maximum Gasteiger partial charge on any atom is 0.407 e. The van der Waals surface area contributed by atoms with Crippen molar-refractivity contribution in [1.82, 2.24) is 14.8 Å². The number of likely N-dealkylation sites (tertiary alicyclic amines) is 2. The van der Waals surface area contributed by atoms with Gasteiger partial charge in [-0.1, -0.05) is 13.8 Å². The van der Waals surface area contributed by atoms with Gasteiger partial charge in [0.25, 0.3) is 5.91 Å². The Labute approximate surface area is 194 Å². The van der Waals surface area contributed by atoms with Crippen molar-refractivity contribution < 1.29 is 33.6 Å². The summed E-state index contributed by atoms with van der Waals surface area (Å²) in [6.45, 7) is 5.33. The summed E-state index contributed by atoms with van der Waals surface area (Å²) in [6, 6.07) is 3.45. The summed E-state index contributed by atoms with van der Waals surface area (Å²) >= 11 is 0. The summed E-state index contributed by atoms with van der Waals surface area (Å²) < 4.78 is 22.5. The van der Waals surface area contributed by atoms with E-state index in [4.69, 9.17) is 24.1 Å². The number of carboxylic acid groups (broad SMARTS) is 1. The van der Waals surface area contributed by atoms with Crippen molar-refractivity contribution in [2.75, 3.05) is 40.8 Å². The van der Waals surface area contributed by atoms with Gasteiger partial charge >= 0.3 is 6.09 Å². The van der Waals surface area contributed by atoms with Gasteiger partial charge in [0, 0.05) is 64.5 Å². The number of nitrogens with zero attached hydrogens (tertiary/aromatic N) is 3. The van der Waals surface area contributed by atoms with Crippen molar-refractivity contribution >= 4 is 12.0 Å². The van der Waals surface area contributed by atoms with Crippen molar-refractivity contribution in [3.8, 4) is 5.75 Å². The lowest BCUT2D eigenvalue weighted by Crippen LogP contribution is -2.76. The molecule has 0 spiro atoms. The van der Waals surface area contributed by atoms with Crippen LogP contribution in [0.15, 0.2) is 18.3 Å². The van der Waals surface area contributed by atoms with Crippen molar-refractivity contribution in [2.45, 2.75) is 57.3 Å². The Morgan fingerprint density at radius 1 is 1.27 bits per heavy atom. The van der Waals surface area contributed by atoms with Gasteiger partial charge in [0.1, 0.15) is 25.4 Å². The molecule has 0 unspecified atom stereocenters. The number of amides is 2. The SMILES string of the molecule is COCO[C@]1(Cc2cc(OC3CCN(C(=O)O)CC3)ccn2)C(=O)N(COC)[C@H]1CC(C)C. The van der Waals surface area contributed by atoms with Crippen LogP contribution in [-0.2, 0) is 25.4 Å². The molecule has 2 saturated heterocycles. The summed E-state index contributed by atoms with van der Waals surface area (Å²) in [5, 5.41) is 9.12. The zero-order valence-electron chi connectivity index (χ0n) is 19.9. The van der Waals surface area contributed by atoms with Gasteiger partial charge in [-0.3, -0.25) is 9.78 Å². The van der Waals surface area contributed by atoms with Crippen molar-refractivity contribution in [3.05, 3.63) is 24.0 Å². The number of rotatable bonds is 11. The number of ether oxygens (including phenoxy) is 4. The van der Waals surface area contributed by atoms with Crippen LogP contribution < -0.4 is 4.74 Å². The number of aromatic nitrogens is 1. The average molecular weight is 466 g/mol. The Morgan fingerprint density at radius 3 is 2.61 bits per heavy atom. The van der Waals surface area contributed by atoms with Gasteiger partial charge in [0.05, 0.1) is 6.04 Å². The second kappa shape index (κ2) is 11.1. The fourth-order valence-electron chi connectivity index (χ4n) is 4.58. The summed E-state index contributed by atoms with van der Waals surface area (Å²) in [7, 11) is 3.10. The Kier molecular flexibility index (Phi) is 8.50. The molecule has 0 radical (unpaired) electrons. The van der Waals surface area contributed by atoms with Crippen molar-refractivity contribution in [2.24, 2.45) is 5.92 Å². The molecule has 0 aliphatic carbocycles. The highest BCUT2D eigenvalue weighted by atomic mass is 16.7. The number of hydrogen-bond donors (Lipinski definition) is 1. The van der Waals surface area contributed by atoms with Crippen LogP contribution in [0, 0.1) is 5.92 Å². The van der Waals surface area contributed by atoms with E-state index >= 15 is 0 Å². The van der Waals surface area contributed by atoms with Crippen LogP contribution in [0.25, 0.3) is 0 Å². The number of hydrogen-bond acceptors (Lipinski definition) is 7. The summed E-state index contributed by atoms with van der Waals surface area (Å²) in [5.74, 6) is 0.866. The molecule has 2 amide bonds. The number of pyridine rings is 1. The third-order valence-electron chi connectivity index (χ3n) is 6.18. The molecular formula is C23H35N3O7. The van der Waals surface area contributed by atoms with Gasteiger partial charge < -0.3 is 33.9 Å². The lowest BCUT2D eigenvalue weighted by atomic mass is 9.75. The second-order valence-corrected chi connectivity index (χ2v) is 9.02. The third kappa shape index (κ3) is 5.74. The largest absolute Gasteiger partial charge is 0.490 e. The Bertz CT molecular complexity index is 813. The zero-order chi connectivity index (χ0) is 24.0. The molecule has 3 heterocycles. The van der Waals surface area contributed by atoms with Crippen molar-refractivity contribution in [1.29, 1.82) is 0 Å². The van der Waals surface area contributed by atoms with E-state index in [2.05, 4.69) is 18.8 Å². The highest BCUT2D eigenvalue weighted by molar-refractivity contribution is 5.93. The van der Waals surface area contributed by atoms with E-state index < -0.39 is 11.7 Å².